The molecule has 0 bridgehead atoms. The summed E-state index contributed by atoms with van der Waals surface area (Å²) in [7, 11) is 0. The summed E-state index contributed by atoms with van der Waals surface area (Å²) in [5.74, 6) is 0.884. The molecular formula is C26H26N4O3. The normalized spacial score (nSPS) is 19.0. The first-order valence-electron chi connectivity index (χ1n) is 11.3. The highest BCUT2D eigenvalue weighted by Crippen LogP contribution is 2.33. The number of likely N-dealkylation sites (N-methyl/N-ethyl adjacent to an activating group) is 1. The average Bonchev–Trinajstić information content (AvgIpc) is 3.57. The molecule has 0 radical (unpaired) electrons. The van der Waals surface area contributed by atoms with E-state index in [0.29, 0.717) is 35.4 Å². The molecule has 1 atom stereocenters. The number of rotatable bonds is 6. The van der Waals surface area contributed by atoms with Crippen LogP contribution in [0.5, 0.6) is 0 Å². The third kappa shape index (κ3) is 4.32. The largest absolute Gasteiger partial charge is 0.457 e. The fourth-order valence-electron chi connectivity index (χ4n) is 4.53. The van der Waals surface area contributed by atoms with E-state index < -0.39 is 0 Å². The molecular weight excluding hydrogens is 416 g/mol. The van der Waals surface area contributed by atoms with Crippen molar-refractivity contribution >= 4 is 29.2 Å². The van der Waals surface area contributed by atoms with Crippen LogP contribution < -0.4 is 10.6 Å². The van der Waals surface area contributed by atoms with Crippen molar-refractivity contribution in [1.82, 2.24) is 15.2 Å². The van der Waals surface area contributed by atoms with Crippen molar-refractivity contribution in [1.29, 1.82) is 0 Å². The first-order valence-corrected chi connectivity index (χ1v) is 11.3. The number of nitrogens with zero attached hydrogens (tertiary/aromatic N) is 2. The molecule has 33 heavy (non-hydrogen) atoms. The molecule has 3 aromatic rings. The zero-order valence-corrected chi connectivity index (χ0v) is 18.5. The zero-order valence-electron chi connectivity index (χ0n) is 18.5. The highest BCUT2D eigenvalue weighted by Gasteiger charge is 2.24. The molecule has 0 aliphatic carbocycles. The van der Waals surface area contributed by atoms with Crippen LogP contribution in [0.25, 0.3) is 23.0 Å². The second-order valence-electron chi connectivity index (χ2n) is 8.33. The summed E-state index contributed by atoms with van der Waals surface area (Å²) < 4.78 is 5.93. The van der Waals surface area contributed by atoms with Gasteiger partial charge in [-0.25, -0.2) is 0 Å². The summed E-state index contributed by atoms with van der Waals surface area (Å²) in [6.45, 7) is 4.90. The molecule has 168 valence electrons. The Balaban J connectivity index is 1.26. The minimum absolute atomic E-state index is 0.147. The lowest BCUT2D eigenvalue weighted by molar-refractivity contribution is -0.110. The Bertz CT molecular complexity index is 1210. The van der Waals surface area contributed by atoms with Gasteiger partial charge in [0.2, 0.25) is 0 Å². The maximum Gasteiger partial charge on any atom is 0.269 e. The lowest BCUT2D eigenvalue weighted by atomic mass is 10.1. The quantitative estimate of drug-likeness (QED) is 0.563. The van der Waals surface area contributed by atoms with Crippen LogP contribution in [-0.4, -0.2) is 47.4 Å². The van der Waals surface area contributed by atoms with Crippen molar-refractivity contribution in [3.05, 3.63) is 71.7 Å². The summed E-state index contributed by atoms with van der Waals surface area (Å²) in [5.41, 5.74) is 3.37. The number of nitrogens with one attached hydrogen (secondary N) is 2. The Morgan fingerprint density at radius 1 is 1.24 bits per heavy atom. The van der Waals surface area contributed by atoms with Crippen molar-refractivity contribution in [3.63, 3.8) is 0 Å². The van der Waals surface area contributed by atoms with E-state index in [4.69, 9.17) is 4.42 Å². The predicted octanol–water partition coefficient (Wildman–Crippen LogP) is 4.05. The first kappa shape index (κ1) is 21.2. The average molecular weight is 443 g/mol. The summed E-state index contributed by atoms with van der Waals surface area (Å²) in [4.78, 5) is 31.6. The number of likely N-dealkylation sites (tertiary alicyclic amines) is 1. The number of anilines is 1. The van der Waals surface area contributed by atoms with Crippen molar-refractivity contribution in [2.75, 3.05) is 25.0 Å². The van der Waals surface area contributed by atoms with Crippen LogP contribution in [0.2, 0.25) is 0 Å². The highest BCUT2D eigenvalue weighted by atomic mass is 16.3. The smallest absolute Gasteiger partial charge is 0.269 e. The van der Waals surface area contributed by atoms with Crippen LogP contribution in [0.4, 0.5) is 5.69 Å². The Hall–Kier alpha value is -3.71. The van der Waals surface area contributed by atoms with Gasteiger partial charge in [0.05, 0.1) is 5.57 Å². The van der Waals surface area contributed by atoms with E-state index >= 15 is 0 Å². The third-order valence-electron chi connectivity index (χ3n) is 6.31. The van der Waals surface area contributed by atoms with Crippen LogP contribution in [0.1, 0.15) is 41.6 Å². The Kier molecular flexibility index (Phi) is 5.79. The Labute approximate surface area is 192 Å². The number of hydrogen-bond donors (Lipinski definition) is 2. The topological polar surface area (TPSA) is 87.5 Å². The van der Waals surface area contributed by atoms with Crippen LogP contribution >= 0.6 is 0 Å². The van der Waals surface area contributed by atoms with E-state index in [0.717, 1.165) is 36.3 Å². The molecule has 2 aliphatic heterocycles. The van der Waals surface area contributed by atoms with Gasteiger partial charge >= 0.3 is 0 Å². The molecule has 1 unspecified atom stereocenters. The van der Waals surface area contributed by atoms with E-state index in [1.165, 1.54) is 6.42 Å². The number of benzene rings is 1. The van der Waals surface area contributed by atoms with Crippen molar-refractivity contribution < 1.29 is 14.0 Å². The molecule has 1 saturated heterocycles. The summed E-state index contributed by atoms with van der Waals surface area (Å²) in [6, 6.07) is 15.2. The van der Waals surface area contributed by atoms with Gasteiger partial charge in [0.25, 0.3) is 11.8 Å². The monoisotopic (exact) mass is 442 g/mol. The van der Waals surface area contributed by atoms with E-state index in [-0.39, 0.29) is 11.8 Å². The fourth-order valence-corrected chi connectivity index (χ4v) is 4.53. The SMILES string of the molecule is CCN1CCCC1CNC(=O)c1ccc(-c2ccc(/C=C3/C(=O)Nc4ccccc43)o2)cn1. The van der Waals surface area contributed by atoms with E-state index in [9.17, 15) is 9.59 Å². The van der Waals surface area contributed by atoms with Crippen LogP contribution in [0.15, 0.2) is 59.1 Å². The molecule has 0 saturated carbocycles. The fraction of sp³-hybridized carbons (Fsp3) is 0.269. The van der Waals surface area contributed by atoms with E-state index in [1.54, 1.807) is 18.3 Å². The number of furan rings is 1. The molecule has 7 nitrogen and oxygen atoms in total. The maximum absolute atomic E-state index is 12.5. The molecule has 0 spiro atoms. The number of fused-ring (bicyclic) bond motifs is 1. The number of para-hydroxylation sites is 1. The third-order valence-corrected chi connectivity index (χ3v) is 6.31. The minimum atomic E-state index is -0.166. The predicted molar refractivity (Wildman–Crippen MR) is 127 cm³/mol. The van der Waals surface area contributed by atoms with Gasteiger partial charge in [-0.1, -0.05) is 25.1 Å². The van der Waals surface area contributed by atoms with E-state index in [1.807, 2.05) is 42.5 Å². The van der Waals surface area contributed by atoms with Crippen molar-refractivity contribution in [2.24, 2.45) is 0 Å². The Morgan fingerprint density at radius 2 is 2.12 bits per heavy atom. The van der Waals surface area contributed by atoms with Crippen molar-refractivity contribution in [2.45, 2.75) is 25.8 Å². The van der Waals surface area contributed by atoms with Gasteiger partial charge in [-0.3, -0.25) is 19.5 Å². The molecule has 5 rings (SSSR count). The minimum Gasteiger partial charge on any atom is -0.457 e. The number of carbonyl (C=O) groups excluding carboxylic acids is 2. The van der Waals surface area contributed by atoms with Gasteiger partial charge < -0.3 is 15.1 Å². The van der Waals surface area contributed by atoms with E-state index in [2.05, 4.69) is 27.4 Å². The van der Waals surface area contributed by atoms with Crippen LogP contribution in [0.3, 0.4) is 0 Å². The summed E-state index contributed by atoms with van der Waals surface area (Å²) in [6.07, 6.45) is 5.67. The van der Waals surface area contributed by atoms with Gasteiger partial charge in [-0.2, -0.15) is 0 Å². The second-order valence-corrected chi connectivity index (χ2v) is 8.33. The molecule has 1 aromatic carbocycles. The van der Waals surface area contributed by atoms with Crippen LogP contribution in [0, 0.1) is 0 Å². The molecule has 7 heteroatoms. The number of hydrogen-bond acceptors (Lipinski definition) is 5. The number of amides is 2. The lowest BCUT2D eigenvalue weighted by Gasteiger charge is -2.22. The lowest BCUT2D eigenvalue weighted by Crippen LogP contribution is -2.40. The van der Waals surface area contributed by atoms with Gasteiger partial charge in [-0.15, -0.1) is 0 Å². The van der Waals surface area contributed by atoms with Gasteiger partial charge in [-0.05, 0) is 62.3 Å². The number of pyridine rings is 1. The molecule has 2 aromatic heterocycles. The Morgan fingerprint density at radius 3 is 2.94 bits per heavy atom. The van der Waals surface area contributed by atoms with Gasteiger partial charge in [0.1, 0.15) is 17.2 Å². The van der Waals surface area contributed by atoms with Crippen LogP contribution in [-0.2, 0) is 4.79 Å². The molecule has 2 N–H and O–H groups in total. The molecule has 1 fully saturated rings. The molecule has 2 amide bonds. The maximum atomic E-state index is 12.5. The standard InChI is InChI=1S/C26H26N4O3/c1-2-30-13-5-6-18(30)16-28-26(32)23-11-9-17(15-27-23)24-12-10-19(33-24)14-21-20-7-3-4-8-22(20)29-25(21)31/h3-4,7-12,14-15,18H,2,5-6,13,16H2,1H3,(H,28,32)(H,29,31)/b21-14+. The molecule has 2 aliphatic rings. The summed E-state index contributed by atoms with van der Waals surface area (Å²) in [5, 5.41) is 5.87. The van der Waals surface area contributed by atoms with Gasteiger partial charge in [0.15, 0.2) is 0 Å². The number of carbonyl (C=O) groups is 2. The molecule has 4 heterocycles. The highest BCUT2D eigenvalue weighted by molar-refractivity contribution is 6.34. The van der Waals surface area contributed by atoms with Gasteiger partial charge in [0, 0.05) is 35.6 Å². The first-order chi connectivity index (χ1) is 16.1. The van der Waals surface area contributed by atoms with Crippen molar-refractivity contribution in [3.8, 4) is 11.3 Å². The second kappa shape index (κ2) is 9.03. The zero-order chi connectivity index (χ0) is 22.8. The summed E-state index contributed by atoms with van der Waals surface area (Å²) >= 11 is 0. The number of aromatic nitrogens is 1.